The molecule has 0 aromatic heterocycles. The Hall–Kier alpha value is -2.50. The lowest BCUT2D eigenvalue weighted by molar-refractivity contribution is -0.136. The number of morpholine rings is 1. The minimum absolute atomic E-state index is 0.0700. The number of amides is 1. The summed E-state index contributed by atoms with van der Waals surface area (Å²) < 4.78 is 5.76. The first kappa shape index (κ1) is 19.8. The maximum absolute atomic E-state index is 13.0. The second kappa shape index (κ2) is 8.89. The monoisotopic (exact) mass is 411 g/mol. The zero-order valence-electron chi connectivity index (χ0n) is 16.7. The second-order valence-corrected chi connectivity index (χ2v) is 8.00. The number of nitrogens with zero attached hydrogens (tertiary/aromatic N) is 3. The molecule has 0 atom stereocenters. The summed E-state index contributed by atoms with van der Waals surface area (Å²) in [5.74, 6) is 0.339. The van der Waals surface area contributed by atoms with E-state index >= 15 is 0 Å². The van der Waals surface area contributed by atoms with Crippen LogP contribution in [0.25, 0.3) is 6.08 Å². The van der Waals surface area contributed by atoms with E-state index in [0.29, 0.717) is 30.5 Å². The Kier molecular flexibility index (Phi) is 6.07. The van der Waals surface area contributed by atoms with E-state index in [1.54, 1.807) is 0 Å². The molecule has 0 unspecified atom stereocenters. The van der Waals surface area contributed by atoms with Crippen molar-refractivity contribution in [3.8, 4) is 0 Å². The van der Waals surface area contributed by atoms with Gasteiger partial charge in [-0.05, 0) is 36.9 Å². The lowest BCUT2D eigenvalue weighted by Crippen LogP contribution is -2.44. The zero-order chi connectivity index (χ0) is 20.2. The Morgan fingerprint density at radius 3 is 2.48 bits per heavy atom. The van der Waals surface area contributed by atoms with Crippen LogP contribution < -0.4 is 4.90 Å². The third-order valence-corrected chi connectivity index (χ3v) is 5.72. The molecular formula is C23H26ClN3O2. The Morgan fingerprint density at radius 2 is 1.72 bits per heavy atom. The van der Waals surface area contributed by atoms with Gasteiger partial charge in [0.1, 0.15) is 6.61 Å². The second-order valence-electron chi connectivity index (χ2n) is 7.56. The number of hydrogen-bond donors (Lipinski definition) is 0. The van der Waals surface area contributed by atoms with Crippen LogP contribution in [0.5, 0.6) is 0 Å². The van der Waals surface area contributed by atoms with Gasteiger partial charge in [0.25, 0.3) is 5.91 Å². The minimum atomic E-state index is -0.0700. The highest BCUT2D eigenvalue weighted by molar-refractivity contribution is 6.30. The summed E-state index contributed by atoms with van der Waals surface area (Å²) in [5, 5.41) is 0.697. The summed E-state index contributed by atoms with van der Waals surface area (Å²) in [6.07, 6.45) is 1.89. The van der Waals surface area contributed by atoms with E-state index in [9.17, 15) is 4.79 Å². The molecule has 0 bridgehead atoms. The number of benzene rings is 2. The van der Waals surface area contributed by atoms with Gasteiger partial charge in [0, 0.05) is 49.0 Å². The molecule has 0 saturated carbocycles. The van der Waals surface area contributed by atoms with E-state index in [2.05, 4.69) is 29.0 Å². The SMILES string of the molecule is CN1CCN(c2ccccc2/C=C2/OCCN(Cc3ccc(Cl)cc3)C2=O)CC1. The molecule has 2 saturated heterocycles. The molecule has 2 aliphatic heterocycles. The number of ether oxygens (including phenoxy) is 1. The molecule has 2 heterocycles. The maximum atomic E-state index is 13.0. The molecule has 1 amide bonds. The number of carbonyl (C=O) groups excluding carboxylic acids is 1. The van der Waals surface area contributed by atoms with E-state index in [-0.39, 0.29) is 5.91 Å². The lowest BCUT2D eigenvalue weighted by Gasteiger charge is -2.35. The van der Waals surface area contributed by atoms with Crippen LogP contribution in [-0.4, -0.2) is 62.1 Å². The van der Waals surface area contributed by atoms with Crippen LogP contribution in [0.15, 0.2) is 54.3 Å². The predicted octanol–water partition coefficient (Wildman–Crippen LogP) is 3.49. The Labute approximate surface area is 177 Å². The predicted molar refractivity (Wildman–Crippen MR) is 117 cm³/mol. The number of likely N-dealkylation sites (N-methyl/N-ethyl adjacent to an activating group) is 1. The Bertz CT molecular complexity index is 889. The summed E-state index contributed by atoms with van der Waals surface area (Å²) >= 11 is 5.97. The van der Waals surface area contributed by atoms with Crippen molar-refractivity contribution in [3.05, 3.63) is 70.4 Å². The largest absolute Gasteiger partial charge is 0.486 e. The van der Waals surface area contributed by atoms with E-state index in [0.717, 1.165) is 43.0 Å². The standard InChI is InChI=1S/C23H26ClN3O2/c1-25-10-12-26(13-11-25)21-5-3-2-4-19(21)16-22-23(28)27(14-15-29-22)17-18-6-8-20(24)9-7-18/h2-9,16H,10-15,17H2,1H3/b22-16+. The van der Waals surface area contributed by atoms with Crippen LogP contribution in [0, 0.1) is 0 Å². The van der Waals surface area contributed by atoms with Gasteiger partial charge in [0.15, 0.2) is 5.76 Å². The molecule has 0 spiro atoms. The van der Waals surface area contributed by atoms with Crippen LogP contribution in [0.1, 0.15) is 11.1 Å². The van der Waals surface area contributed by atoms with Gasteiger partial charge < -0.3 is 19.4 Å². The molecule has 2 aromatic carbocycles. The van der Waals surface area contributed by atoms with Crippen LogP contribution >= 0.6 is 11.6 Å². The lowest BCUT2D eigenvalue weighted by atomic mass is 10.1. The number of hydrogen-bond acceptors (Lipinski definition) is 4. The van der Waals surface area contributed by atoms with Crippen molar-refractivity contribution in [2.75, 3.05) is 51.3 Å². The Balaban J connectivity index is 1.53. The molecule has 6 heteroatoms. The first-order valence-corrected chi connectivity index (χ1v) is 10.4. The average molecular weight is 412 g/mol. The van der Waals surface area contributed by atoms with E-state index in [4.69, 9.17) is 16.3 Å². The number of rotatable bonds is 4. The van der Waals surface area contributed by atoms with Gasteiger partial charge >= 0.3 is 0 Å². The minimum Gasteiger partial charge on any atom is -0.486 e. The molecule has 29 heavy (non-hydrogen) atoms. The molecule has 2 aromatic rings. The van der Waals surface area contributed by atoms with Crippen LogP contribution in [0.4, 0.5) is 5.69 Å². The number of halogens is 1. The fourth-order valence-electron chi connectivity index (χ4n) is 3.74. The fourth-order valence-corrected chi connectivity index (χ4v) is 3.86. The molecular weight excluding hydrogens is 386 g/mol. The van der Waals surface area contributed by atoms with Crippen LogP contribution in [-0.2, 0) is 16.1 Å². The summed E-state index contributed by atoms with van der Waals surface area (Å²) in [4.78, 5) is 19.6. The zero-order valence-corrected chi connectivity index (χ0v) is 17.4. The van der Waals surface area contributed by atoms with Crippen molar-refractivity contribution in [2.45, 2.75) is 6.54 Å². The quantitative estimate of drug-likeness (QED) is 0.721. The average Bonchev–Trinajstić information content (AvgIpc) is 2.74. The smallest absolute Gasteiger partial charge is 0.289 e. The number of carbonyl (C=O) groups is 1. The van der Waals surface area contributed by atoms with Crippen LogP contribution in [0.2, 0.25) is 5.02 Å². The maximum Gasteiger partial charge on any atom is 0.289 e. The van der Waals surface area contributed by atoms with E-state index in [1.807, 2.05) is 47.4 Å². The van der Waals surface area contributed by atoms with Gasteiger partial charge in [-0.2, -0.15) is 0 Å². The molecule has 0 aliphatic carbocycles. The molecule has 0 radical (unpaired) electrons. The highest BCUT2D eigenvalue weighted by Gasteiger charge is 2.25. The molecule has 152 valence electrons. The van der Waals surface area contributed by atoms with Crippen molar-refractivity contribution in [1.82, 2.24) is 9.80 Å². The first-order valence-electron chi connectivity index (χ1n) is 10.0. The topological polar surface area (TPSA) is 36.0 Å². The number of para-hydroxylation sites is 1. The van der Waals surface area contributed by atoms with Gasteiger partial charge in [0.05, 0.1) is 6.54 Å². The molecule has 2 aliphatic rings. The summed E-state index contributed by atoms with van der Waals surface area (Å²) in [7, 11) is 2.15. The van der Waals surface area contributed by atoms with Crippen molar-refractivity contribution in [2.24, 2.45) is 0 Å². The molecule has 5 nitrogen and oxygen atoms in total. The highest BCUT2D eigenvalue weighted by atomic mass is 35.5. The van der Waals surface area contributed by atoms with Gasteiger partial charge in [-0.25, -0.2) is 0 Å². The van der Waals surface area contributed by atoms with E-state index < -0.39 is 0 Å². The molecule has 2 fully saturated rings. The van der Waals surface area contributed by atoms with Gasteiger partial charge in [-0.1, -0.05) is 41.9 Å². The summed E-state index contributed by atoms with van der Waals surface area (Å²) in [6, 6.07) is 15.8. The fraction of sp³-hybridized carbons (Fsp3) is 0.348. The third kappa shape index (κ3) is 4.74. The van der Waals surface area contributed by atoms with Gasteiger partial charge in [-0.3, -0.25) is 4.79 Å². The van der Waals surface area contributed by atoms with E-state index in [1.165, 1.54) is 0 Å². The van der Waals surface area contributed by atoms with Crippen molar-refractivity contribution in [1.29, 1.82) is 0 Å². The highest BCUT2D eigenvalue weighted by Crippen LogP contribution is 2.26. The third-order valence-electron chi connectivity index (χ3n) is 5.47. The van der Waals surface area contributed by atoms with Crippen LogP contribution in [0.3, 0.4) is 0 Å². The van der Waals surface area contributed by atoms with Crippen molar-refractivity contribution >= 4 is 29.3 Å². The molecule has 4 rings (SSSR count). The van der Waals surface area contributed by atoms with Crippen molar-refractivity contribution in [3.63, 3.8) is 0 Å². The molecule has 0 N–H and O–H groups in total. The van der Waals surface area contributed by atoms with Gasteiger partial charge in [0.2, 0.25) is 0 Å². The summed E-state index contributed by atoms with van der Waals surface area (Å²) in [6.45, 7) is 5.67. The normalized spacial score (nSPS) is 19.5. The number of anilines is 1. The summed E-state index contributed by atoms with van der Waals surface area (Å²) in [5.41, 5.74) is 3.23. The van der Waals surface area contributed by atoms with Crippen molar-refractivity contribution < 1.29 is 9.53 Å². The first-order chi connectivity index (χ1) is 14.1. The Morgan fingerprint density at radius 1 is 1.00 bits per heavy atom. The number of piperazine rings is 1. The van der Waals surface area contributed by atoms with Gasteiger partial charge in [-0.15, -0.1) is 0 Å².